The van der Waals surface area contributed by atoms with Gasteiger partial charge in [-0.25, -0.2) is 0 Å². The second-order valence-corrected chi connectivity index (χ2v) is 7.56. The van der Waals surface area contributed by atoms with Crippen molar-refractivity contribution >= 4 is 29.9 Å². The van der Waals surface area contributed by atoms with Gasteiger partial charge in [-0.15, -0.1) is 24.0 Å². The molecule has 2 heterocycles. The van der Waals surface area contributed by atoms with Gasteiger partial charge in [0.05, 0.1) is 18.9 Å². The number of hydrogen-bond acceptors (Lipinski definition) is 4. The average molecular weight is 526 g/mol. The van der Waals surface area contributed by atoms with E-state index in [1.54, 1.807) is 6.26 Å². The lowest BCUT2D eigenvalue weighted by Gasteiger charge is -2.34. The van der Waals surface area contributed by atoms with Crippen LogP contribution in [-0.4, -0.2) is 55.7 Å². The molecule has 1 N–H and O–H groups in total. The summed E-state index contributed by atoms with van der Waals surface area (Å²) in [5, 5.41) is 3.56. The van der Waals surface area contributed by atoms with Crippen molar-refractivity contribution in [3.63, 3.8) is 0 Å². The number of halogens is 1. The van der Waals surface area contributed by atoms with Gasteiger partial charge < -0.3 is 19.4 Å². The molecule has 166 valence electrons. The van der Waals surface area contributed by atoms with E-state index >= 15 is 0 Å². The molecule has 1 fully saturated rings. The normalized spacial score (nSPS) is 15.3. The van der Waals surface area contributed by atoms with Crippen LogP contribution < -0.4 is 5.32 Å². The van der Waals surface area contributed by atoms with Crippen molar-refractivity contribution in [1.29, 1.82) is 0 Å². The first kappa shape index (κ1) is 24.7. The van der Waals surface area contributed by atoms with Gasteiger partial charge in [-0.1, -0.05) is 24.3 Å². The summed E-state index contributed by atoms with van der Waals surface area (Å²) in [7, 11) is 3.98. The van der Waals surface area contributed by atoms with Crippen LogP contribution in [0.2, 0.25) is 0 Å². The third-order valence-corrected chi connectivity index (χ3v) is 5.36. The fourth-order valence-electron chi connectivity index (χ4n) is 3.88. The zero-order valence-electron chi connectivity index (χ0n) is 18.3. The molecule has 1 aliphatic heterocycles. The first-order chi connectivity index (χ1) is 14.2. The Bertz CT molecular complexity index is 758. The number of furan rings is 1. The van der Waals surface area contributed by atoms with E-state index in [9.17, 15) is 0 Å². The number of guanidine groups is 1. The highest BCUT2D eigenvalue weighted by Gasteiger charge is 2.21. The van der Waals surface area contributed by atoms with Crippen molar-refractivity contribution in [2.45, 2.75) is 45.5 Å². The van der Waals surface area contributed by atoms with Crippen LogP contribution in [0.3, 0.4) is 0 Å². The Morgan fingerprint density at radius 1 is 1.17 bits per heavy atom. The molecule has 0 spiro atoms. The molecule has 1 saturated heterocycles. The first-order valence-electron chi connectivity index (χ1n) is 10.5. The van der Waals surface area contributed by atoms with Crippen LogP contribution >= 0.6 is 24.0 Å². The number of aliphatic imine (C=N–C) groups is 1. The molecular weight excluding hydrogens is 491 g/mol. The molecule has 3 rings (SSSR count). The summed E-state index contributed by atoms with van der Waals surface area (Å²) in [5.74, 6) is 1.96. The minimum absolute atomic E-state index is 0. The third-order valence-electron chi connectivity index (χ3n) is 5.36. The van der Waals surface area contributed by atoms with Gasteiger partial charge in [0, 0.05) is 39.8 Å². The summed E-state index contributed by atoms with van der Waals surface area (Å²) in [5.41, 5.74) is 2.61. The molecule has 0 bridgehead atoms. The maximum atomic E-state index is 5.77. The van der Waals surface area contributed by atoms with Gasteiger partial charge in [-0.05, 0) is 50.1 Å². The van der Waals surface area contributed by atoms with Gasteiger partial charge in [-0.2, -0.15) is 0 Å². The molecule has 1 aliphatic rings. The second-order valence-electron chi connectivity index (χ2n) is 7.56. The quantitative estimate of drug-likeness (QED) is 0.319. The predicted octanol–water partition coefficient (Wildman–Crippen LogP) is 4.11. The van der Waals surface area contributed by atoms with Crippen LogP contribution in [0.4, 0.5) is 0 Å². The highest BCUT2D eigenvalue weighted by molar-refractivity contribution is 14.0. The summed E-state index contributed by atoms with van der Waals surface area (Å²) in [4.78, 5) is 9.11. The number of benzene rings is 1. The molecule has 2 aromatic rings. The van der Waals surface area contributed by atoms with Gasteiger partial charge in [-0.3, -0.25) is 9.89 Å². The Morgan fingerprint density at radius 2 is 1.90 bits per heavy atom. The van der Waals surface area contributed by atoms with Crippen LogP contribution in [0, 0.1) is 0 Å². The Hall–Kier alpha value is -1.58. The number of nitrogens with one attached hydrogen (secondary N) is 1. The number of hydrogen-bond donors (Lipinski definition) is 1. The van der Waals surface area contributed by atoms with Gasteiger partial charge in [0.1, 0.15) is 5.76 Å². The molecule has 30 heavy (non-hydrogen) atoms. The SMILES string of the molecule is CCOC1CCN(C(=NC)NCc2ccccc2CN(C)Cc2ccco2)CC1.I. The molecule has 0 saturated carbocycles. The van der Waals surface area contributed by atoms with Crippen molar-refractivity contribution < 1.29 is 9.15 Å². The zero-order chi connectivity index (χ0) is 20.5. The highest BCUT2D eigenvalue weighted by atomic mass is 127. The summed E-state index contributed by atoms with van der Waals surface area (Å²) in [6, 6.07) is 12.5. The molecule has 6 nitrogen and oxygen atoms in total. The first-order valence-corrected chi connectivity index (χ1v) is 10.5. The lowest BCUT2D eigenvalue weighted by atomic mass is 10.1. The fourth-order valence-corrected chi connectivity index (χ4v) is 3.88. The van der Waals surface area contributed by atoms with Crippen LogP contribution in [0.15, 0.2) is 52.1 Å². The fraction of sp³-hybridized carbons (Fsp3) is 0.522. The molecule has 0 amide bonds. The number of rotatable bonds is 8. The van der Waals surface area contributed by atoms with Crippen molar-refractivity contribution in [3.8, 4) is 0 Å². The number of likely N-dealkylation sites (tertiary alicyclic amines) is 1. The Balaban J connectivity index is 0.00000320. The molecule has 1 aromatic carbocycles. The third kappa shape index (κ3) is 7.28. The lowest BCUT2D eigenvalue weighted by molar-refractivity contribution is 0.0263. The number of piperidine rings is 1. The van der Waals surface area contributed by atoms with Gasteiger partial charge >= 0.3 is 0 Å². The molecule has 7 heteroatoms. The van der Waals surface area contributed by atoms with E-state index in [0.717, 1.165) is 63.9 Å². The minimum atomic E-state index is 0. The molecule has 0 atom stereocenters. The van der Waals surface area contributed by atoms with E-state index in [0.29, 0.717) is 6.10 Å². The van der Waals surface area contributed by atoms with E-state index < -0.39 is 0 Å². The Labute approximate surface area is 197 Å². The lowest BCUT2D eigenvalue weighted by Crippen LogP contribution is -2.46. The summed E-state index contributed by atoms with van der Waals surface area (Å²) in [6.45, 7) is 7.26. The smallest absolute Gasteiger partial charge is 0.193 e. The van der Waals surface area contributed by atoms with Gasteiger partial charge in [0.2, 0.25) is 0 Å². The van der Waals surface area contributed by atoms with E-state index in [1.807, 2.05) is 19.2 Å². The van der Waals surface area contributed by atoms with Gasteiger partial charge in [0.15, 0.2) is 5.96 Å². The van der Waals surface area contributed by atoms with E-state index in [-0.39, 0.29) is 24.0 Å². The second kappa shape index (κ2) is 13.0. The van der Waals surface area contributed by atoms with Crippen molar-refractivity contribution in [1.82, 2.24) is 15.1 Å². The van der Waals surface area contributed by atoms with Crippen molar-refractivity contribution in [3.05, 3.63) is 59.5 Å². The van der Waals surface area contributed by atoms with Crippen molar-refractivity contribution in [2.75, 3.05) is 33.8 Å². The molecule has 0 aliphatic carbocycles. The number of nitrogens with zero attached hydrogens (tertiary/aromatic N) is 3. The Kier molecular flexibility index (Phi) is 10.7. The van der Waals surface area contributed by atoms with E-state index in [4.69, 9.17) is 9.15 Å². The minimum Gasteiger partial charge on any atom is -0.468 e. The van der Waals surface area contributed by atoms with Crippen LogP contribution in [0.1, 0.15) is 36.7 Å². The van der Waals surface area contributed by atoms with E-state index in [1.165, 1.54) is 11.1 Å². The van der Waals surface area contributed by atoms with Gasteiger partial charge in [0.25, 0.3) is 0 Å². The van der Waals surface area contributed by atoms with E-state index in [2.05, 4.69) is 58.3 Å². The topological polar surface area (TPSA) is 53.2 Å². The molecular formula is C23H35IN4O2. The Morgan fingerprint density at radius 3 is 2.53 bits per heavy atom. The largest absolute Gasteiger partial charge is 0.468 e. The van der Waals surface area contributed by atoms with Crippen LogP contribution in [0.5, 0.6) is 0 Å². The van der Waals surface area contributed by atoms with Crippen LogP contribution in [0.25, 0.3) is 0 Å². The molecule has 0 radical (unpaired) electrons. The molecule has 0 unspecified atom stereocenters. The van der Waals surface area contributed by atoms with Crippen LogP contribution in [-0.2, 0) is 24.4 Å². The standard InChI is InChI=1S/C23H34N4O2.HI/c1-4-28-21-11-13-27(14-12-21)23(24-2)25-16-19-8-5-6-9-20(19)17-26(3)18-22-10-7-15-29-22;/h5-10,15,21H,4,11-14,16-18H2,1-3H3,(H,24,25);1H. The van der Waals surface area contributed by atoms with Crippen molar-refractivity contribution in [2.24, 2.45) is 4.99 Å². The highest BCUT2D eigenvalue weighted by Crippen LogP contribution is 2.16. The molecule has 1 aromatic heterocycles. The number of ether oxygens (including phenoxy) is 1. The predicted molar refractivity (Wildman–Crippen MR) is 132 cm³/mol. The monoisotopic (exact) mass is 526 g/mol. The summed E-state index contributed by atoms with van der Waals surface area (Å²) >= 11 is 0. The maximum absolute atomic E-state index is 5.77. The summed E-state index contributed by atoms with van der Waals surface area (Å²) < 4.78 is 11.2. The average Bonchev–Trinajstić information content (AvgIpc) is 3.24. The summed E-state index contributed by atoms with van der Waals surface area (Å²) in [6.07, 6.45) is 4.23. The maximum Gasteiger partial charge on any atom is 0.193 e. The zero-order valence-corrected chi connectivity index (χ0v) is 20.7.